The number of hydrogen-bond acceptors (Lipinski definition) is 4. The quantitative estimate of drug-likeness (QED) is 0.776. The predicted octanol–water partition coefficient (Wildman–Crippen LogP) is -0.362. The first-order valence-electron chi connectivity index (χ1n) is 5.41. The van der Waals surface area contributed by atoms with Gasteiger partial charge in [0, 0.05) is 20.0 Å². The summed E-state index contributed by atoms with van der Waals surface area (Å²) in [6.07, 6.45) is 2.25. The topological polar surface area (TPSA) is 88.3 Å². The molecular formula is C10H14N4O3. The van der Waals surface area contributed by atoms with E-state index >= 15 is 0 Å². The molecule has 7 heteroatoms. The molecule has 1 amide bonds. The van der Waals surface area contributed by atoms with Crippen LogP contribution in [0, 0.1) is 5.92 Å². The Morgan fingerprint density at radius 1 is 1.65 bits per heavy atom. The number of carbonyl (C=O) groups excluding carboxylic acids is 1. The van der Waals surface area contributed by atoms with E-state index in [0.29, 0.717) is 12.2 Å². The third kappa shape index (κ3) is 2.61. The summed E-state index contributed by atoms with van der Waals surface area (Å²) in [7, 11) is 1.74. The number of piperidine rings is 1. The predicted molar refractivity (Wildman–Crippen MR) is 56.8 cm³/mol. The zero-order valence-corrected chi connectivity index (χ0v) is 9.54. The first kappa shape index (κ1) is 11.6. The molecule has 0 radical (unpaired) electrons. The molecule has 0 saturated carbocycles. The summed E-state index contributed by atoms with van der Waals surface area (Å²) >= 11 is 0. The van der Waals surface area contributed by atoms with Gasteiger partial charge in [0.15, 0.2) is 5.82 Å². The number of carboxylic acids is 1. The van der Waals surface area contributed by atoms with Crippen molar-refractivity contribution in [3.05, 3.63) is 12.2 Å². The fourth-order valence-electron chi connectivity index (χ4n) is 1.90. The first-order valence-corrected chi connectivity index (χ1v) is 5.41. The molecule has 1 saturated heterocycles. The van der Waals surface area contributed by atoms with E-state index in [1.807, 2.05) is 0 Å². The molecule has 0 aliphatic carbocycles. The number of hydrogen-bond donors (Lipinski definition) is 1. The van der Waals surface area contributed by atoms with Crippen LogP contribution in [0.15, 0.2) is 6.33 Å². The third-order valence-electron chi connectivity index (χ3n) is 2.83. The van der Waals surface area contributed by atoms with Crippen LogP contribution in [0.3, 0.4) is 0 Å². The summed E-state index contributed by atoms with van der Waals surface area (Å²) in [6, 6.07) is 0. The zero-order valence-electron chi connectivity index (χ0n) is 9.54. The van der Waals surface area contributed by atoms with Gasteiger partial charge in [0.25, 0.3) is 0 Å². The highest BCUT2D eigenvalue weighted by atomic mass is 16.4. The minimum Gasteiger partial charge on any atom is -0.481 e. The first-order chi connectivity index (χ1) is 8.06. The number of carboxylic acid groups (broad SMARTS) is 1. The molecule has 2 rings (SSSR count). The molecule has 1 N–H and O–H groups in total. The van der Waals surface area contributed by atoms with Crippen molar-refractivity contribution in [2.45, 2.75) is 19.4 Å². The Bertz CT molecular complexity index is 443. The highest BCUT2D eigenvalue weighted by molar-refractivity contribution is 5.80. The molecule has 0 bridgehead atoms. The van der Waals surface area contributed by atoms with Crippen LogP contribution >= 0.6 is 0 Å². The van der Waals surface area contributed by atoms with Crippen LogP contribution in [0.25, 0.3) is 0 Å². The molecule has 1 aromatic rings. The van der Waals surface area contributed by atoms with Crippen molar-refractivity contribution < 1.29 is 14.7 Å². The van der Waals surface area contributed by atoms with E-state index in [0.717, 1.165) is 0 Å². The Kier molecular flexibility index (Phi) is 3.08. The number of rotatable bonds is 3. The SMILES string of the molecule is Cn1cnc(CN2CC(C(=O)O)CCC2=O)n1. The van der Waals surface area contributed by atoms with Crippen molar-refractivity contribution in [2.75, 3.05) is 6.54 Å². The Morgan fingerprint density at radius 3 is 3.00 bits per heavy atom. The molecule has 17 heavy (non-hydrogen) atoms. The van der Waals surface area contributed by atoms with Crippen molar-refractivity contribution >= 4 is 11.9 Å². The van der Waals surface area contributed by atoms with Crippen molar-refractivity contribution in [3.63, 3.8) is 0 Å². The average molecular weight is 238 g/mol. The standard InChI is InChI=1S/C10H14N4O3/c1-13-6-11-8(12-13)5-14-4-7(10(16)17)2-3-9(14)15/h6-7H,2-5H2,1H3,(H,16,17). The lowest BCUT2D eigenvalue weighted by Crippen LogP contribution is -2.42. The Labute approximate surface area is 98.0 Å². The van der Waals surface area contributed by atoms with Crippen LogP contribution in [0.1, 0.15) is 18.7 Å². The normalized spacial score (nSPS) is 20.6. The minimum atomic E-state index is -0.850. The molecule has 1 aliphatic heterocycles. The molecule has 1 aliphatic rings. The van der Waals surface area contributed by atoms with Gasteiger partial charge in [0.2, 0.25) is 5.91 Å². The number of likely N-dealkylation sites (tertiary alicyclic amines) is 1. The molecule has 7 nitrogen and oxygen atoms in total. The van der Waals surface area contributed by atoms with E-state index in [-0.39, 0.29) is 25.4 Å². The summed E-state index contributed by atoms with van der Waals surface area (Å²) in [5.74, 6) is -0.824. The van der Waals surface area contributed by atoms with Gasteiger partial charge >= 0.3 is 5.97 Å². The van der Waals surface area contributed by atoms with Gasteiger partial charge in [-0.25, -0.2) is 4.98 Å². The Morgan fingerprint density at radius 2 is 2.41 bits per heavy atom. The largest absolute Gasteiger partial charge is 0.481 e. The van der Waals surface area contributed by atoms with E-state index in [2.05, 4.69) is 10.1 Å². The fourth-order valence-corrected chi connectivity index (χ4v) is 1.90. The van der Waals surface area contributed by atoms with Gasteiger partial charge in [-0.05, 0) is 6.42 Å². The van der Waals surface area contributed by atoms with Crippen LogP contribution in [0.2, 0.25) is 0 Å². The molecule has 1 aromatic heterocycles. The van der Waals surface area contributed by atoms with Crippen LogP contribution in [-0.4, -0.2) is 43.2 Å². The number of aromatic nitrogens is 3. The molecule has 0 aromatic carbocycles. The zero-order chi connectivity index (χ0) is 12.4. The van der Waals surface area contributed by atoms with Crippen LogP contribution < -0.4 is 0 Å². The Balaban J connectivity index is 2.03. The van der Waals surface area contributed by atoms with E-state index in [4.69, 9.17) is 5.11 Å². The average Bonchev–Trinajstić information content (AvgIpc) is 2.67. The monoisotopic (exact) mass is 238 g/mol. The van der Waals surface area contributed by atoms with Gasteiger partial charge in [-0.15, -0.1) is 0 Å². The second kappa shape index (κ2) is 4.52. The molecule has 2 heterocycles. The van der Waals surface area contributed by atoms with Gasteiger partial charge in [-0.1, -0.05) is 0 Å². The lowest BCUT2D eigenvalue weighted by atomic mass is 9.98. The third-order valence-corrected chi connectivity index (χ3v) is 2.83. The molecule has 1 fully saturated rings. The van der Waals surface area contributed by atoms with Crippen LogP contribution in [0.5, 0.6) is 0 Å². The van der Waals surface area contributed by atoms with E-state index in [1.54, 1.807) is 18.1 Å². The van der Waals surface area contributed by atoms with Crippen molar-refractivity contribution in [1.29, 1.82) is 0 Å². The van der Waals surface area contributed by atoms with Gasteiger partial charge in [-0.2, -0.15) is 5.10 Å². The summed E-state index contributed by atoms with van der Waals surface area (Å²) in [5, 5.41) is 13.0. The van der Waals surface area contributed by atoms with E-state index in [9.17, 15) is 9.59 Å². The lowest BCUT2D eigenvalue weighted by Gasteiger charge is -2.29. The van der Waals surface area contributed by atoms with Gasteiger partial charge in [-0.3, -0.25) is 14.3 Å². The van der Waals surface area contributed by atoms with Crippen LogP contribution in [0.4, 0.5) is 0 Å². The van der Waals surface area contributed by atoms with Crippen molar-refractivity contribution in [1.82, 2.24) is 19.7 Å². The highest BCUT2D eigenvalue weighted by Gasteiger charge is 2.30. The van der Waals surface area contributed by atoms with E-state index < -0.39 is 11.9 Å². The molecule has 92 valence electrons. The van der Waals surface area contributed by atoms with Gasteiger partial charge in [0.05, 0.1) is 12.5 Å². The Hall–Kier alpha value is -1.92. The summed E-state index contributed by atoms with van der Waals surface area (Å²) < 4.78 is 1.55. The number of aryl methyl sites for hydroxylation is 1. The van der Waals surface area contributed by atoms with Crippen molar-refractivity contribution in [3.8, 4) is 0 Å². The number of nitrogens with zero attached hydrogens (tertiary/aromatic N) is 4. The molecule has 1 atom stereocenters. The van der Waals surface area contributed by atoms with E-state index in [1.165, 1.54) is 4.90 Å². The smallest absolute Gasteiger partial charge is 0.308 e. The molecule has 1 unspecified atom stereocenters. The van der Waals surface area contributed by atoms with Gasteiger partial charge < -0.3 is 10.0 Å². The molecule has 0 spiro atoms. The maximum absolute atomic E-state index is 11.6. The maximum Gasteiger partial charge on any atom is 0.308 e. The number of carbonyl (C=O) groups is 2. The summed E-state index contributed by atoms with van der Waals surface area (Å²) in [4.78, 5) is 28.1. The van der Waals surface area contributed by atoms with Crippen LogP contribution in [-0.2, 0) is 23.2 Å². The number of aliphatic carboxylic acids is 1. The van der Waals surface area contributed by atoms with Gasteiger partial charge in [0.1, 0.15) is 6.33 Å². The second-order valence-electron chi connectivity index (χ2n) is 4.18. The summed E-state index contributed by atoms with van der Waals surface area (Å²) in [5.41, 5.74) is 0. The van der Waals surface area contributed by atoms with Crippen molar-refractivity contribution in [2.24, 2.45) is 13.0 Å². The highest BCUT2D eigenvalue weighted by Crippen LogP contribution is 2.18. The molecular weight excluding hydrogens is 224 g/mol. The second-order valence-corrected chi connectivity index (χ2v) is 4.18. The summed E-state index contributed by atoms with van der Waals surface area (Å²) in [6.45, 7) is 0.524. The maximum atomic E-state index is 11.6. The minimum absolute atomic E-state index is 0.0325. The fraction of sp³-hybridized carbons (Fsp3) is 0.600. The number of amides is 1. The lowest BCUT2D eigenvalue weighted by molar-refractivity contribution is -0.147.